The highest BCUT2D eigenvalue weighted by atomic mass is 16.4. The molecule has 7 nitrogen and oxygen atoms in total. The van der Waals surface area contributed by atoms with Gasteiger partial charge in [-0.05, 0) is 20.3 Å². The topological polar surface area (TPSA) is 98.7 Å². The quantitative estimate of drug-likeness (QED) is 0.678. The molecule has 1 rings (SSSR count). The smallest absolute Gasteiger partial charge is 0.326 e. The third-order valence-corrected chi connectivity index (χ3v) is 3.27. The van der Waals surface area contributed by atoms with Crippen molar-refractivity contribution in [2.75, 3.05) is 13.1 Å². The molecule has 1 saturated heterocycles. The molecule has 0 aliphatic carbocycles. The number of urea groups is 1. The van der Waals surface area contributed by atoms with E-state index >= 15 is 0 Å². The Morgan fingerprint density at radius 3 is 2.68 bits per heavy atom. The van der Waals surface area contributed by atoms with E-state index in [4.69, 9.17) is 5.11 Å². The molecule has 1 aliphatic rings. The number of piperazine rings is 1. The van der Waals surface area contributed by atoms with Crippen molar-refractivity contribution < 1.29 is 19.5 Å². The standard InChI is InChI=1S/C12H21N3O4/c1-4-5-8(9(16)17)14-11(19)15-7-6-13-10(18)12(15,2)3/h8H,4-7H2,1-3H3,(H,13,18)(H,14,19)(H,16,17)/t8-/m1/s1. The lowest BCUT2D eigenvalue weighted by Gasteiger charge is -2.41. The largest absolute Gasteiger partial charge is 0.480 e. The molecule has 0 aromatic rings. The van der Waals surface area contributed by atoms with Crippen LogP contribution in [0, 0.1) is 0 Å². The second kappa shape index (κ2) is 5.90. The van der Waals surface area contributed by atoms with E-state index in [1.54, 1.807) is 13.8 Å². The monoisotopic (exact) mass is 271 g/mol. The highest BCUT2D eigenvalue weighted by Crippen LogP contribution is 2.17. The molecule has 1 fully saturated rings. The normalized spacial score (nSPS) is 19.5. The van der Waals surface area contributed by atoms with Crippen LogP contribution in [0.15, 0.2) is 0 Å². The van der Waals surface area contributed by atoms with Gasteiger partial charge >= 0.3 is 12.0 Å². The number of hydrogen-bond acceptors (Lipinski definition) is 3. The molecule has 0 aromatic heterocycles. The van der Waals surface area contributed by atoms with Gasteiger partial charge in [-0.2, -0.15) is 0 Å². The first-order chi connectivity index (χ1) is 8.80. The molecular formula is C12H21N3O4. The first-order valence-corrected chi connectivity index (χ1v) is 6.40. The Morgan fingerprint density at radius 2 is 2.16 bits per heavy atom. The van der Waals surface area contributed by atoms with E-state index < -0.39 is 23.6 Å². The Labute approximate surface area is 112 Å². The summed E-state index contributed by atoms with van der Waals surface area (Å²) in [4.78, 5) is 36.2. The zero-order valence-corrected chi connectivity index (χ0v) is 11.5. The zero-order valence-electron chi connectivity index (χ0n) is 11.5. The predicted octanol–water partition coefficient (Wildman–Crippen LogP) is 0.160. The van der Waals surface area contributed by atoms with Crippen molar-refractivity contribution in [1.82, 2.24) is 15.5 Å². The molecule has 0 saturated carbocycles. The molecule has 0 spiro atoms. The summed E-state index contributed by atoms with van der Waals surface area (Å²) in [5.41, 5.74) is -0.975. The van der Waals surface area contributed by atoms with Crippen LogP contribution in [0.2, 0.25) is 0 Å². The highest BCUT2D eigenvalue weighted by Gasteiger charge is 2.41. The third-order valence-electron chi connectivity index (χ3n) is 3.27. The molecule has 1 heterocycles. The van der Waals surface area contributed by atoms with Crippen LogP contribution in [0.1, 0.15) is 33.6 Å². The van der Waals surface area contributed by atoms with Crippen molar-refractivity contribution >= 4 is 17.9 Å². The fourth-order valence-corrected chi connectivity index (χ4v) is 2.03. The molecule has 3 N–H and O–H groups in total. The number of aliphatic carboxylic acids is 1. The fraction of sp³-hybridized carbons (Fsp3) is 0.750. The van der Waals surface area contributed by atoms with Crippen LogP contribution in [-0.2, 0) is 9.59 Å². The lowest BCUT2D eigenvalue weighted by Crippen LogP contribution is -2.66. The summed E-state index contributed by atoms with van der Waals surface area (Å²) in [7, 11) is 0. The van der Waals surface area contributed by atoms with Crippen molar-refractivity contribution in [3.8, 4) is 0 Å². The Bertz CT molecular complexity index is 381. The lowest BCUT2D eigenvalue weighted by molar-refractivity contribution is -0.139. The summed E-state index contributed by atoms with van der Waals surface area (Å²) in [5.74, 6) is -1.30. The summed E-state index contributed by atoms with van der Waals surface area (Å²) in [6.07, 6.45) is 1.02. The molecule has 1 atom stereocenters. The minimum atomic E-state index is -1.06. The van der Waals surface area contributed by atoms with Crippen LogP contribution in [0.4, 0.5) is 4.79 Å². The maximum Gasteiger partial charge on any atom is 0.326 e. The van der Waals surface area contributed by atoms with Gasteiger partial charge < -0.3 is 20.6 Å². The van der Waals surface area contributed by atoms with Crippen LogP contribution in [0.3, 0.4) is 0 Å². The Hall–Kier alpha value is -1.79. The number of carbonyl (C=O) groups is 3. The number of carboxylic acid groups (broad SMARTS) is 1. The summed E-state index contributed by atoms with van der Waals surface area (Å²) < 4.78 is 0. The molecule has 7 heteroatoms. The van der Waals surface area contributed by atoms with E-state index in [1.807, 2.05) is 6.92 Å². The molecule has 108 valence electrons. The summed E-state index contributed by atoms with van der Waals surface area (Å²) >= 11 is 0. The average molecular weight is 271 g/mol. The number of nitrogens with zero attached hydrogens (tertiary/aromatic N) is 1. The third kappa shape index (κ3) is 3.36. The highest BCUT2D eigenvalue weighted by molar-refractivity contribution is 5.92. The van der Waals surface area contributed by atoms with Crippen LogP contribution >= 0.6 is 0 Å². The van der Waals surface area contributed by atoms with Gasteiger partial charge in [0, 0.05) is 13.1 Å². The molecule has 0 aromatic carbocycles. The van der Waals surface area contributed by atoms with E-state index in [2.05, 4.69) is 10.6 Å². The van der Waals surface area contributed by atoms with Gasteiger partial charge in [-0.15, -0.1) is 0 Å². The van der Waals surface area contributed by atoms with Gasteiger partial charge in [0.05, 0.1) is 0 Å². The summed E-state index contributed by atoms with van der Waals surface area (Å²) in [5, 5.41) is 14.2. The summed E-state index contributed by atoms with van der Waals surface area (Å²) in [6.45, 7) is 5.86. The van der Waals surface area contributed by atoms with E-state index in [-0.39, 0.29) is 5.91 Å². The Balaban J connectivity index is 2.76. The maximum atomic E-state index is 12.1. The first kappa shape index (κ1) is 15.3. The lowest BCUT2D eigenvalue weighted by atomic mass is 9.99. The molecular weight excluding hydrogens is 250 g/mol. The minimum absolute atomic E-state index is 0.240. The number of carboxylic acids is 1. The van der Waals surface area contributed by atoms with Crippen molar-refractivity contribution in [2.45, 2.75) is 45.2 Å². The number of hydrogen-bond donors (Lipinski definition) is 3. The van der Waals surface area contributed by atoms with E-state index in [0.717, 1.165) is 0 Å². The average Bonchev–Trinajstić information content (AvgIpc) is 2.31. The van der Waals surface area contributed by atoms with Gasteiger partial charge in [0.2, 0.25) is 5.91 Å². The van der Waals surface area contributed by atoms with Crippen molar-refractivity contribution in [2.24, 2.45) is 0 Å². The molecule has 0 bridgehead atoms. The molecule has 0 unspecified atom stereocenters. The van der Waals surface area contributed by atoms with Gasteiger partial charge in [-0.3, -0.25) is 4.79 Å². The number of amides is 3. The van der Waals surface area contributed by atoms with Gasteiger partial charge in [0.25, 0.3) is 0 Å². The van der Waals surface area contributed by atoms with Crippen LogP contribution in [-0.4, -0.2) is 52.6 Å². The van der Waals surface area contributed by atoms with E-state index in [1.165, 1.54) is 4.90 Å². The fourth-order valence-electron chi connectivity index (χ4n) is 2.03. The first-order valence-electron chi connectivity index (χ1n) is 6.40. The van der Waals surface area contributed by atoms with E-state index in [9.17, 15) is 14.4 Å². The number of nitrogens with one attached hydrogen (secondary N) is 2. The minimum Gasteiger partial charge on any atom is -0.480 e. The SMILES string of the molecule is CCC[C@@H](NC(=O)N1CCNC(=O)C1(C)C)C(=O)O. The van der Waals surface area contributed by atoms with E-state index in [0.29, 0.717) is 25.9 Å². The predicted molar refractivity (Wildman–Crippen MR) is 68.7 cm³/mol. The van der Waals surface area contributed by atoms with Gasteiger partial charge in [-0.1, -0.05) is 13.3 Å². The molecule has 19 heavy (non-hydrogen) atoms. The molecule has 3 amide bonds. The van der Waals surface area contributed by atoms with Crippen molar-refractivity contribution in [3.63, 3.8) is 0 Å². The van der Waals surface area contributed by atoms with Crippen LogP contribution < -0.4 is 10.6 Å². The van der Waals surface area contributed by atoms with Gasteiger partial charge in [0.1, 0.15) is 11.6 Å². The number of carbonyl (C=O) groups excluding carboxylic acids is 2. The second-order valence-corrected chi connectivity index (χ2v) is 5.10. The van der Waals surface area contributed by atoms with Gasteiger partial charge in [0.15, 0.2) is 0 Å². The second-order valence-electron chi connectivity index (χ2n) is 5.10. The summed E-state index contributed by atoms with van der Waals surface area (Å²) in [6, 6.07) is -1.43. The van der Waals surface area contributed by atoms with Crippen LogP contribution in [0.5, 0.6) is 0 Å². The Morgan fingerprint density at radius 1 is 1.53 bits per heavy atom. The van der Waals surface area contributed by atoms with Crippen molar-refractivity contribution in [3.05, 3.63) is 0 Å². The zero-order chi connectivity index (χ0) is 14.6. The molecule has 0 radical (unpaired) electrons. The number of rotatable bonds is 4. The Kier molecular flexibility index (Phi) is 4.74. The van der Waals surface area contributed by atoms with Crippen molar-refractivity contribution in [1.29, 1.82) is 0 Å². The van der Waals surface area contributed by atoms with Gasteiger partial charge in [-0.25, -0.2) is 9.59 Å². The maximum absolute atomic E-state index is 12.1. The molecule has 1 aliphatic heterocycles. The van der Waals surface area contributed by atoms with Crippen LogP contribution in [0.25, 0.3) is 0 Å².